The molecule has 0 aromatic heterocycles. The number of carbonyl (C=O) groups excluding carboxylic acids is 1. The van der Waals surface area contributed by atoms with Crippen LogP contribution in [0.25, 0.3) is 0 Å². The Kier molecular flexibility index (Phi) is 2.44. The summed E-state index contributed by atoms with van der Waals surface area (Å²) < 4.78 is -0.0277. The zero-order valence-electron chi connectivity index (χ0n) is 7.05. The normalized spacial score (nSPS) is 28.5. The van der Waals surface area contributed by atoms with Gasteiger partial charge in [-0.1, -0.05) is 0 Å². The molecule has 11 heavy (non-hydrogen) atoms. The summed E-state index contributed by atoms with van der Waals surface area (Å²) in [6, 6.07) is -0.169. The zero-order valence-corrected chi connectivity index (χ0v) is 7.86. The molecule has 0 spiro atoms. The maximum Gasteiger partial charge on any atom is 0.239 e. The summed E-state index contributed by atoms with van der Waals surface area (Å²) in [4.78, 5) is 11.2. The second-order valence-electron chi connectivity index (χ2n) is 3.08. The number of amides is 1. The molecule has 63 valence electrons. The minimum atomic E-state index is -0.169. The van der Waals surface area contributed by atoms with Gasteiger partial charge in [0.2, 0.25) is 5.91 Å². The van der Waals surface area contributed by atoms with Crippen LogP contribution in [0.1, 0.15) is 13.8 Å². The molecule has 1 radical (unpaired) electrons. The summed E-state index contributed by atoms with van der Waals surface area (Å²) in [6.07, 6.45) is 0. The van der Waals surface area contributed by atoms with Gasteiger partial charge in [-0.2, -0.15) is 0 Å². The SMILES string of the molecule is CNC(=O)C1[N]CSC1(C)C. The molecule has 1 saturated heterocycles. The topological polar surface area (TPSA) is 43.2 Å². The van der Waals surface area contributed by atoms with Crippen LogP contribution < -0.4 is 10.6 Å². The van der Waals surface area contributed by atoms with Crippen LogP contribution in [0.2, 0.25) is 0 Å². The second kappa shape index (κ2) is 3.03. The van der Waals surface area contributed by atoms with E-state index >= 15 is 0 Å². The fourth-order valence-corrected chi connectivity index (χ4v) is 2.01. The summed E-state index contributed by atoms with van der Waals surface area (Å²) in [6.45, 7) is 4.10. The van der Waals surface area contributed by atoms with E-state index in [-0.39, 0.29) is 16.7 Å². The van der Waals surface area contributed by atoms with Gasteiger partial charge in [-0.05, 0) is 13.8 Å². The van der Waals surface area contributed by atoms with Crippen molar-refractivity contribution in [3.05, 3.63) is 0 Å². The lowest BCUT2D eigenvalue weighted by molar-refractivity contribution is -0.123. The van der Waals surface area contributed by atoms with Gasteiger partial charge in [0.25, 0.3) is 0 Å². The number of hydrogen-bond acceptors (Lipinski definition) is 2. The fourth-order valence-electron chi connectivity index (χ4n) is 1.11. The standard InChI is InChI=1S/C7H13N2OS/c1-7(2)5(6(10)8-3)9-4-11-7/h5H,4H2,1-3H3,(H,8,10). The van der Waals surface area contributed by atoms with Crippen LogP contribution in [-0.2, 0) is 4.79 Å². The highest BCUT2D eigenvalue weighted by atomic mass is 32.2. The van der Waals surface area contributed by atoms with E-state index in [1.165, 1.54) is 0 Å². The van der Waals surface area contributed by atoms with E-state index in [0.717, 1.165) is 5.88 Å². The maximum absolute atomic E-state index is 11.2. The molecule has 0 bridgehead atoms. The van der Waals surface area contributed by atoms with Crippen LogP contribution in [0.5, 0.6) is 0 Å². The first kappa shape index (κ1) is 8.87. The van der Waals surface area contributed by atoms with Gasteiger partial charge in [-0.3, -0.25) is 4.79 Å². The monoisotopic (exact) mass is 173 g/mol. The highest BCUT2D eigenvalue weighted by Crippen LogP contribution is 2.33. The summed E-state index contributed by atoms with van der Waals surface area (Å²) in [5.41, 5.74) is 0. The van der Waals surface area contributed by atoms with Crippen molar-refractivity contribution in [3.8, 4) is 0 Å². The molecule has 0 saturated carbocycles. The predicted octanol–water partition coefficient (Wildman–Crippen LogP) is 0.188. The number of nitrogens with zero attached hydrogens (tertiary/aromatic N) is 1. The molecule has 0 aromatic carbocycles. The van der Waals surface area contributed by atoms with Gasteiger partial charge >= 0.3 is 0 Å². The predicted molar refractivity (Wildman–Crippen MR) is 46.5 cm³/mol. The van der Waals surface area contributed by atoms with E-state index in [2.05, 4.69) is 10.6 Å². The Morgan fingerprint density at radius 3 is 2.73 bits per heavy atom. The molecular formula is C7H13N2OS. The average molecular weight is 173 g/mol. The number of hydrogen-bond donors (Lipinski definition) is 1. The third kappa shape index (κ3) is 1.68. The Morgan fingerprint density at radius 2 is 2.36 bits per heavy atom. The summed E-state index contributed by atoms with van der Waals surface area (Å²) in [5.74, 6) is 0.769. The molecule has 4 heteroatoms. The third-order valence-corrected chi connectivity index (χ3v) is 3.09. The van der Waals surface area contributed by atoms with Crippen molar-refractivity contribution in [1.82, 2.24) is 10.6 Å². The quantitative estimate of drug-likeness (QED) is 0.615. The molecule has 0 aliphatic carbocycles. The summed E-state index contributed by atoms with van der Waals surface area (Å²) in [5, 5.41) is 6.83. The molecule has 1 aliphatic heterocycles. The number of carbonyl (C=O) groups is 1. The highest BCUT2D eigenvalue weighted by molar-refractivity contribution is 8.00. The molecule has 3 nitrogen and oxygen atoms in total. The van der Waals surface area contributed by atoms with Crippen LogP contribution in [0, 0.1) is 0 Å². The Balaban J connectivity index is 2.64. The van der Waals surface area contributed by atoms with Crippen molar-refractivity contribution >= 4 is 17.7 Å². The van der Waals surface area contributed by atoms with Gasteiger partial charge in [0.15, 0.2) is 0 Å². The lowest BCUT2D eigenvalue weighted by Crippen LogP contribution is -2.45. The van der Waals surface area contributed by atoms with E-state index in [4.69, 9.17) is 0 Å². The zero-order chi connectivity index (χ0) is 8.48. The minimum Gasteiger partial charge on any atom is -0.358 e. The van der Waals surface area contributed by atoms with Gasteiger partial charge < -0.3 is 5.32 Å². The smallest absolute Gasteiger partial charge is 0.239 e. The molecule has 1 atom stereocenters. The fraction of sp³-hybridized carbons (Fsp3) is 0.857. The van der Waals surface area contributed by atoms with Crippen molar-refractivity contribution in [2.45, 2.75) is 24.6 Å². The van der Waals surface area contributed by atoms with Crippen molar-refractivity contribution < 1.29 is 4.79 Å². The molecular weight excluding hydrogens is 160 g/mol. The number of thioether (sulfide) groups is 1. The van der Waals surface area contributed by atoms with Gasteiger partial charge in [-0.25, -0.2) is 5.32 Å². The summed E-state index contributed by atoms with van der Waals surface area (Å²) in [7, 11) is 1.65. The maximum atomic E-state index is 11.2. The first-order chi connectivity index (χ1) is 5.08. The Labute approximate surface area is 71.3 Å². The van der Waals surface area contributed by atoms with Crippen molar-refractivity contribution in [2.75, 3.05) is 12.9 Å². The van der Waals surface area contributed by atoms with Crippen LogP contribution in [0.4, 0.5) is 0 Å². The molecule has 1 aliphatic rings. The molecule has 1 amide bonds. The minimum absolute atomic E-state index is 0.0277. The molecule has 1 rings (SSSR count). The molecule has 1 unspecified atom stereocenters. The van der Waals surface area contributed by atoms with Gasteiger partial charge in [0.05, 0.1) is 5.88 Å². The molecule has 1 heterocycles. The van der Waals surface area contributed by atoms with Crippen LogP contribution in [-0.4, -0.2) is 29.6 Å². The summed E-state index contributed by atoms with van der Waals surface area (Å²) >= 11 is 1.72. The Hall–Kier alpha value is -0.220. The lowest BCUT2D eigenvalue weighted by Gasteiger charge is -2.22. The van der Waals surface area contributed by atoms with E-state index in [0.29, 0.717) is 0 Å². The number of likely N-dealkylation sites (N-methyl/N-ethyl adjacent to an activating group) is 1. The van der Waals surface area contributed by atoms with Gasteiger partial charge in [-0.15, -0.1) is 11.8 Å². The van der Waals surface area contributed by atoms with E-state index in [1.807, 2.05) is 13.8 Å². The molecule has 0 aromatic rings. The molecule has 1 N–H and O–H groups in total. The highest BCUT2D eigenvalue weighted by Gasteiger charge is 2.40. The second-order valence-corrected chi connectivity index (χ2v) is 4.68. The van der Waals surface area contributed by atoms with Crippen LogP contribution >= 0.6 is 11.8 Å². The van der Waals surface area contributed by atoms with E-state index < -0.39 is 0 Å². The van der Waals surface area contributed by atoms with E-state index in [9.17, 15) is 4.79 Å². The van der Waals surface area contributed by atoms with Gasteiger partial charge in [0, 0.05) is 11.8 Å². The third-order valence-electron chi connectivity index (χ3n) is 1.85. The molecule has 1 fully saturated rings. The first-order valence-corrected chi connectivity index (χ1v) is 4.58. The van der Waals surface area contributed by atoms with Crippen molar-refractivity contribution in [2.24, 2.45) is 0 Å². The van der Waals surface area contributed by atoms with Crippen molar-refractivity contribution in [3.63, 3.8) is 0 Å². The van der Waals surface area contributed by atoms with Crippen LogP contribution in [0.15, 0.2) is 0 Å². The van der Waals surface area contributed by atoms with Crippen molar-refractivity contribution in [1.29, 1.82) is 0 Å². The average Bonchev–Trinajstić information content (AvgIpc) is 2.28. The van der Waals surface area contributed by atoms with Crippen LogP contribution in [0.3, 0.4) is 0 Å². The van der Waals surface area contributed by atoms with E-state index in [1.54, 1.807) is 18.8 Å². The Morgan fingerprint density at radius 1 is 1.73 bits per heavy atom. The largest absolute Gasteiger partial charge is 0.358 e. The number of rotatable bonds is 1. The number of nitrogens with one attached hydrogen (secondary N) is 1. The lowest BCUT2D eigenvalue weighted by atomic mass is 10.0. The first-order valence-electron chi connectivity index (χ1n) is 3.60. The van der Waals surface area contributed by atoms with Gasteiger partial charge in [0.1, 0.15) is 6.04 Å². The Bertz CT molecular complexity index is 170.